The molecule has 106 valence electrons. The average molecular weight is 263 g/mol. The lowest BCUT2D eigenvalue weighted by molar-refractivity contribution is 0.185. The molecule has 0 aliphatic heterocycles. The van der Waals surface area contributed by atoms with Crippen LogP contribution in [0.3, 0.4) is 0 Å². The Kier molecular flexibility index (Phi) is 5.83. The number of hydrogen-bond donors (Lipinski definition) is 2. The van der Waals surface area contributed by atoms with Gasteiger partial charge in [-0.2, -0.15) is 0 Å². The first-order valence-electron chi connectivity index (χ1n) is 6.73. The SMILES string of the molecule is CC(C)(C)NC(=O)N(CCCN)Cc1ccccc1. The summed E-state index contributed by atoms with van der Waals surface area (Å²) < 4.78 is 0. The monoisotopic (exact) mass is 263 g/mol. The number of benzene rings is 1. The van der Waals surface area contributed by atoms with Gasteiger partial charge in [0.05, 0.1) is 0 Å². The van der Waals surface area contributed by atoms with Crippen LogP contribution < -0.4 is 11.1 Å². The Bertz CT molecular complexity index is 384. The third kappa shape index (κ3) is 6.25. The molecule has 2 amide bonds. The first kappa shape index (κ1) is 15.5. The van der Waals surface area contributed by atoms with E-state index < -0.39 is 0 Å². The molecule has 0 atom stereocenters. The lowest BCUT2D eigenvalue weighted by atomic mass is 10.1. The molecule has 0 spiro atoms. The molecule has 0 heterocycles. The van der Waals surface area contributed by atoms with Crippen LogP contribution in [-0.4, -0.2) is 29.6 Å². The number of nitrogens with two attached hydrogens (primary N) is 1. The number of carbonyl (C=O) groups excluding carboxylic acids is 1. The molecule has 3 N–H and O–H groups in total. The molecule has 1 aromatic rings. The van der Waals surface area contributed by atoms with Crippen LogP contribution >= 0.6 is 0 Å². The molecule has 0 unspecified atom stereocenters. The summed E-state index contributed by atoms with van der Waals surface area (Å²) in [6.07, 6.45) is 0.810. The van der Waals surface area contributed by atoms with E-state index in [2.05, 4.69) is 5.32 Å². The highest BCUT2D eigenvalue weighted by molar-refractivity contribution is 5.74. The van der Waals surface area contributed by atoms with Crippen molar-refractivity contribution >= 4 is 6.03 Å². The Balaban J connectivity index is 2.68. The van der Waals surface area contributed by atoms with E-state index in [0.717, 1.165) is 12.0 Å². The Morgan fingerprint density at radius 3 is 2.42 bits per heavy atom. The molecular weight excluding hydrogens is 238 g/mol. The largest absolute Gasteiger partial charge is 0.333 e. The van der Waals surface area contributed by atoms with Crippen molar-refractivity contribution in [2.24, 2.45) is 5.73 Å². The summed E-state index contributed by atoms with van der Waals surface area (Å²) in [5.41, 5.74) is 6.44. The van der Waals surface area contributed by atoms with Gasteiger partial charge in [0.1, 0.15) is 0 Å². The van der Waals surface area contributed by atoms with Crippen LogP contribution in [0, 0.1) is 0 Å². The molecule has 4 heteroatoms. The van der Waals surface area contributed by atoms with Gasteiger partial charge < -0.3 is 16.0 Å². The van der Waals surface area contributed by atoms with Crippen LogP contribution in [0.1, 0.15) is 32.8 Å². The predicted molar refractivity (Wildman–Crippen MR) is 78.8 cm³/mol. The zero-order valence-corrected chi connectivity index (χ0v) is 12.1. The van der Waals surface area contributed by atoms with Gasteiger partial charge in [-0.3, -0.25) is 0 Å². The van der Waals surface area contributed by atoms with E-state index in [1.807, 2.05) is 56.0 Å². The van der Waals surface area contributed by atoms with Crippen molar-refractivity contribution in [2.45, 2.75) is 39.3 Å². The van der Waals surface area contributed by atoms with E-state index in [-0.39, 0.29) is 11.6 Å². The summed E-state index contributed by atoms with van der Waals surface area (Å²) in [5, 5.41) is 2.99. The zero-order valence-electron chi connectivity index (χ0n) is 12.1. The Hall–Kier alpha value is -1.55. The van der Waals surface area contributed by atoms with Crippen molar-refractivity contribution in [3.8, 4) is 0 Å². The highest BCUT2D eigenvalue weighted by Crippen LogP contribution is 2.07. The fourth-order valence-electron chi connectivity index (χ4n) is 1.74. The quantitative estimate of drug-likeness (QED) is 0.856. The fraction of sp³-hybridized carbons (Fsp3) is 0.533. The van der Waals surface area contributed by atoms with Gasteiger partial charge in [0.2, 0.25) is 0 Å². The topological polar surface area (TPSA) is 58.4 Å². The van der Waals surface area contributed by atoms with Crippen LogP contribution in [0.2, 0.25) is 0 Å². The standard InChI is InChI=1S/C15H25N3O/c1-15(2,3)17-14(19)18(11-7-10-16)12-13-8-5-4-6-9-13/h4-6,8-9H,7,10-12,16H2,1-3H3,(H,17,19). The van der Waals surface area contributed by atoms with Crippen molar-refractivity contribution in [1.82, 2.24) is 10.2 Å². The number of nitrogens with one attached hydrogen (secondary N) is 1. The van der Waals surface area contributed by atoms with E-state index in [1.165, 1.54) is 0 Å². The maximum Gasteiger partial charge on any atom is 0.318 e. The predicted octanol–water partition coefficient (Wildman–Crippen LogP) is 2.35. The normalized spacial score (nSPS) is 11.2. The van der Waals surface area contributed by atoms with Crippen molar-refractivity contribution in [3.05, 3.63) is 35.9 Å². The number of urea groups is 1. The van der Waals surface area contributed by atoms with E-state index in [1.54, 1.807) is 0 Å². The Morgan fingerprint density at radius 2 is 1.89 bits per heavy atom. The second-order valence-corrected chi connectivity index (χ2v) is 5.73. The molecule has 0 aromatic heterocycles. The first-order valence-corrected chi connectivity index (χ1v) is 6.73. The second kappa shape index (κ2) is 7.14. The molecule has 1 aromatic carbocycles. The third-order valence-electron chi connectivity index (χ3n) is 2.62. The Morgan fingerprint density at radius 1 is 1.26 bits per heavy atom. The van der Waals surface area contributed by atoms with Gasteiger partial charge >= 0.3 is 6.03 Å². The van der Waals surface area contributed by atoms with Gasteiger partial charge in [-0.1, -0.05) is 30.3 Å². The molecule has 0 radical (unpaired) electrons. The minimum atomic E-state index is -0.227. The highest BCUT2D eigenvalue weighted by atomic mass is 16.2. The van der Waals surface area contributed by atoms with Crippen LogP contribution in [0.5, 0.6) is 0 Å². The number of nitrogens with zero attached hydrogens (tertiary/aromatic N) is 1. The summed E-state index contributed by atoms with van der Waals surface area (Å²) in [6, 6.07) is 9.96. The lowest BCUT2D eigenvalue weighted by Crippen LogP contribution is -2.48. The van der Waals surface area contributed by atoms with Gasteiger partial charge in [-0.25, -0.2) is 4.79 Å². The Labute approximate surface area is 116 Å². The molecule has 19 heavy (non-hydrogen) atoms. The lowest BCUT2D eigenvalue weighted by Gasteiger charge is -2.28. The van der Waals surface area contributed by atoms with Crippen LogP contribution in [0.15, 0.2) is 30.3 Å². The molecule has 1 rings (SSSR count). The minimum Gasteiger partial charge on any atom is -0.333 e. The van der Waals surface area contributed by atoms with Gasteiger partial charge in [-0.05, 0) is 39.3 Å². The van der Waals surface area contributed by atoms with Crippen molar-refractivity contribution in [1.29, 1.82) is 0 Å². The molecule has 0 aliphatic rings. The first-order chi connectivity index (χ1) is 8.92. The number of hydrogen-bond acceptors (Lipinski definition) is 2. The van der Waals surface area contributed by atoms with Crippen LogP contribution in [0.25, 0.3) is 0 Å². The van der Waals surface area contributed by atoms with Crippen molar-refractivity contribution in [2.75, 3.05) is 13.1 Å². The summed E-state index contributed by atoms with van der Waals surface area (Å²) in [4.78, 5) is 14.1. The fourth-order valence-corrected chi connectivity index (χ4v) is 1.74. The molecule has 0 saturated carbocycles. The van der Waals surface area contributed by atoms with Crippen LogP contribution in [0.4, 0.5) is 4.79 Å². The number of carbonyl (C=O) groups is 1. The summed E-state index contributed by atoms with van der Waals surface area (Å²) in [7, 11) is 0. The molecule has 4 nitrogen and oxygen atoms in total. The van der Waals surface area contributed by atoms with Gasteiger partial charge in [-0.15, -0.1) is 0 Å². The minimum absolute atomic E-state index is 0.0372. The van der Waals surface area contributed by atoms with Gasteiger partial charge in [0.25, 0.3) is 0 Å². The molecule has 0 bridgehead atoms. The summed E-state index contributed by atoms with van der Waals surface area (Å²) in [6.45, 7) is 7.82. The zero-order chi connectivity index (χ0) is 14.3. The van der Waals surface area contributed by atoms with Crippen molar-refractivity contribution < 1.29 is 4.79 Å². The molecule has 0 aliphatic carbocycles. The second-order valence-electron chi connectivity index (χ2n) is 5.73. The maximum atomic E-state index is 12.2. The van der Waals surface area contributed by atoms with Gasteiger partial charge in [0.15, 0.2) is 0 Å². The smallest absolute Gasteiger partial charge is 0.318 e. The van der Waals surface area contributed by atoms with Crippen LogP contribution in [-0.2, 0) is 6.54 Å². The number of amides is 2. The van der Waals surface area contributed by atoms with E-state index in [0.29, 0.717) is 19.6 Å². The maximum absolute atomic E-state index is 12.2. The van der Waals surface area contributed by atoms with Crippen molar-refractivity contribution in [3.63, 3.8) is 0 Å². The van der Waals surface area contributed by atoms with Gasteiger partial charge in [0, 0.05) is 18.6 Å². The summed E-state index contributed by atoms with van der Waals surface area (Å²) >= 11 is 0. The van der Waals surface area contributed by atoms with E-state index in [9.17, 15) is 4.79 Å². The van der Waals surface area contributed by atoms with E-state index in [4.69, 9.17) is 5.73 Å². The highest BCUT2D eigenvalue weighted by Gasteiger charge is 2.19. The number of rotatable bonds is 5. The average Bonchev–Trinajstić information content (AvgIpc) is 2.33. The molecular formula is C15H25N3O. The third-order valence-corrected chi connectivity index (χ3v) is 2.62. The molecule has 0 saturated heterocycles. The molecule has 0 fully saturated rings. The van der Waals surface area contributed by atoms with E-state index >= 15 is 0 Å². The summed E-state index contributed by atoms with van der Waals surface area (Å²) in [5.74, 6) is 0.